The zero-order valence-electron chi connectivity index (χ0n) is 15.3. The number of aryl methyl sites for hydroxylation is 1. The number of benzene rings is 2. The van der Waals surface area contributed by atoms with E-state index in [0.717, 1.165) is 29.9 Å². The van der Waals surface area contributed by atoms with Gasteiger partial charge in [-0.15, -0.1) is 0 Å². The molecule has 8 heteroatoms. The fourth-order valence-electron chi connectivity index (χ4n) is 3.10. The average molecular weight is 410 g/mol. The molecule has 1 heterocycles. The topological polar surface area (TPSA) is 49.4 Å². The Kier molecular flexibility index (Phi) is 5.69. The van der Waals surface area contributed by atoms with E-state index in [0.29, 0.717) is 18.7 Å². The third-order valence-corrected chi connectivity index (χ3v) is 5.54. The summed E-state index contributed by atoms with van der Waals surface area (Å²) in [6.45, 7) is 3.04. The van der Waals surface area contributed by atoms with Gasteiger partial charge in [0.2, 0.25) is 0 Å². The van der Waals surface area contributed by atoms with Gasteiger partial charge in [-0.2, -0.15) is 13.2 Å². The highest BCUT2D eigenvalue weighted by atomic mass is 32.2. The van der Waals surface area contributed by atoms with Crippen LogP contribution in [0.2, 0.25) is 0 Å². The lowest BCUT2D eigenvalue weighted by atomic mass is 10.1. The first kappa shape index (κ1) is 20.3. The van der Waals surface area contributed by atoms with Crippen LogP contribution in [-0.4, -0.2) is 21.5 Å². The third kappa shape index (κ3) is 5.07. The van der Waals surface area contributed by atoms with E-state index in [4.69, 9.17) is 0 Å². The Morgan fingerprint density at radius 3 is 2.29 bits per heavy atom. The average Bonchev–Trinajstić information content (AvgIpc) is 3.15. The summed E-state index contributed by atoms with van der Waals surface area (Å²) < 4.78 is 67.2. The van der Waals surface area contributed by atoms with Crippen LogP contribution >= 0.6 is 0 Å². The number of hydrogen-bond acceptors (Lipinski definition) is 3. The zero-order valence-corrected chi connectivity index (χ0v) is 16.1. The van der Waals surface area contributed by atoms with Crippen molar-refractivity contribution in [3.05, 3.63) is 64.6 Å². The molecule has 2 aromatic rings. The number of alkyl halides is 3. The predicted octanol–water partition coefficient (Wildman–Crippen LogP) is 5.03. The van der Waals surface area contributed by atoms with Crippen LogP contribution in [0.3, 0.4) is 0 Å². The molecule has 1 aliphatic heterocycles. The Morgan fingerprint density at radius 1 is 1.04 bits per heavy atom. The second-order valence-corrected chi connectivity index (χ2v) is 8.35. The molecule has 0 bridgehead atoms. The smallest absolute Gasteiger partial charge is 0.371 e. The molecule has 0 unspecified atom stereocenters. The molecule has 0 saturated carbocycles. The van der Waals surface area contributed by atoms with E-state index >= 15 is 0 Å². The molecular weight excluding hydrogens is 389 g/mol. The second-order valence-electron chi connectivity index (χ2n) is 6.78. The van der Waals surface area contributed by atoms with E-state index < -0.39 is 21.8 Å². The first-order valence-corrected chi connectivity index (χ1v) is 10.4. The lowest BCUT2D eigenvalue weighted by Gasteiger charge is -2.23. The van der Waals surface area contributed by atoms with Crippen LogP contribution in [0.15, 0.2) is 47.9 Å². The van der Waals surface area contributed by atoms with Crippen molar-refractivity contribution in [3.63, 3.8) is 0 Å². The molecule has 2 aromatic carbocycles. The quantitative estimate of drug-likeness (QED) is 0.752. The molecule has 1 saturated heterocycles. The number of halogens is 3. The van der Waals surface area contributed by atoms with Gasteiger partial charge in [-0.25, -0.2) is 8.42 Å². The molecule has 0 amide bonds. The van der Waals surface area contributed by atoms with Crippen molar-refractivity contribution in [3.8, 4) is 0 Å². The maximum Gasteiger partial charge on any atom is 0.418 e. The first-order chi connectivity index (χ1) is 13.1. The molecule has 150 valence electrons. The summed E-state index contributed by atoms with van der Waals surface area (Å²) in [5.41, 5.74) is 0.844. The van der Waals surface area contributed by atoms with Gasteiger partial charge in [0.25, 0.3) is 10.0 Å². The van der Waals surface area contributed by atoms with Gasteiger partial charge in [0.1, 0.15) is 0 Å². The molecule has 1 aliphatic rings. The van der Waals surface area contributed by atoms with Gasteiger partial charge in [0, 0.05) is 24.5 Å². The van der Waals surface area contributed by atoms with Gasteiger partial charge in [-0.3, -0.25) is 4.72 Å². The van der Waals surface area contributed by atoms with Crippen molar-refractivity contribution in [2.45, 2.75) is 25.9 Å². The lowest BCUT2D eigenvalue weighted by molar-refractivity contribution is -0.137. The van der Waals surface area contributed by atoms with Crippen LogP contribution in [0.5, 0.6) is 0 Å². The highest BCUT2D eigenvalue weighted by Gasteiger charge is 2.36. The van der Waals surface area contributed by atoms with E-state index in [9.17, 15) is 21.6 Å². The monoisotopic (exact) mass is 410 g/mol. The minimum Gasteiger partial charge on any atom is -0.371 e. The van der Waals surface area contributed by atoms with Gasteiger partial charge in [-0.05, 0) is 49.6 Å². The number of anilines is 2. The minimum absolute atomic E-state index is 0.0862. The van der Waals surface area contributed by atoms with E-state index in [1.165, 1.54) is 18.2 Å². The fourth-order valence-corrected chi connectivity index (χ4v) is 3.96. The molecule has 0 atom stereocenters. The summed E-state index contributed by atoms with van der Waals surface area (Å²) >= 11 is 0. The van der Waals surface area contributed by atoms with Gasteiger partial charge < -0.3 is 4.90 Å². The lowest BCUT2D eigenvalue weighted by Crippen LogP contribution is -2.22. The Labute approximate surface area is 162 Å². The molecule has 0 aliphatic carbocycles. The molecule has 1 N–H and O–H groups in total. The third-order valence-electron chi connectivity index (χ3n) is 4.53. The summed E-state index contributed by atoms with van der Waals surface area (Å²) in [7, 11) is -3.95. The molecule has 1 fully saturated rings. The van der Waals surface area contributed by atoms with Gasteiger partial charge in [0.05, 0.1) is 11.0 Å². The van der Waals surface area contributed by atoms with Crippen LogP contribution in [0.1, 0.15) is 29.5 Å². The number of nitrogens with zero attached hydrogens (tertiary/aromatic N) is 1. The summed E-state index contributed by atoms with van der Waals surface area (Å²) in [6, 6.07) is 10.7. The normalized spacial score (nSPS) is 15.4. The highest BCUT2D eigenvalue weighted by Crippen LogP contribution is 2.39. The number of hydrogen-bond donors (Lipinski definition) is 1. The number of rotatable bonds is 5. The number of sulfonamides is 1. The summed E-state index contributed by atoms with van der Waals surface area (Å²) in [6.07, 6.45) is -1.49. The van der Waals surface area contributed by atoms with E-state index in [1.807, 2.05) is 19.1 Å². The Hall–Kier alpha value is -2.48. The number of nitrogens with one attached hydrogen (secondary N) is 1. The molecule has 28 heavy (non-hydrogen) atoms. The van der Waals surface area contributed by atoms with Crippen molar-refractivity contribution in [1.29, 1.82) is 0 Å². The van der Waals surface area contributed by atoms with Crippen LogP contribution in [0.25, 0.3) is 6.08 Å². The molecule has 4 nitrogen and oxygen atoms in total. The standard InChI is InChI=1S/C20H21F3N2O2S/c1-15-4-6-16(7-5-15)10-13-28(26,27)24-17-8-9-19(25-11-2-3-12-25)18(14-17)20(21,22)23/h4-10,13-14,24H,2-3,11-12H2,1H3/b13-10+. The van der Waals surface area contributed by atoms with Crippen LogP contribution < -0.4 is 9.62 Å². The maximum atomic E-state index is 13.5. The Morgan fingerprint density at radius 2 is 1.68 bits per heavy atom. The molecule has 0 spiro atoms. The van der Waals surface area contributed by atoms with E-state index in [1.54, 1.807) is 17.0 Å². The Bertz CT molecular complexity index is 962. The van der Waals surface area contributed by atoms with Crippen LogP contribution in [0, 0.1) is 6.92 Å². The molecule has 0 radical (unpaired) electrons. The van der Waals surface area contributed by atoms with E-state index in [2.05, 4.69) is 4.72 Å². The minimum atomic E-state index is -4.57. The van der Waals surface area contributed by atoms with E-state index in [-0.39, 0.29) is 11.4 Å². The fraction of sp³-hybridized carbons (Fsp3) is 0.300. The van der Waals surface area contributed by atoms with Gasteiger partial charge in [0.15, 0.2) is 0 Å². The summed E-state index contributed by atoms with van der Waals surface area (Å²) in [5, 5.41) is 0.944. The largest absolute Gasteiger partial charge is 0.418 e. The van der Waals surface area contributed by atoms with Crippen molar-refractivity contribution < 1.29 is 21.6 Å². The highest BCUT2D eigenvalue weighted by molar-refractivity contribution is 7.95. The molecular formula is C20H21F3N2O2S. The van der Waals surface area contributed by atoms with Crippen molar-refractivity contribution >= 4 is 27.5 Å². The molecule has 0 aromatic heterocycles. The van der Waals surface area contributed by atoms with Crippen molar-refractivity contribution in [2.24, 2.45) is 0 Å². The van der Waals surface area contributed by atoms with Crippen LogP contribution in [0.4, 0.5) is 24.5 Å². The predicted molar refractivity (Wildman–Crippen MR) is 106 cm³/mol. The van der Waals surface area contributed by atoms with Crippen molar-refractivity contribution in [1.82, 2.24) is 0 Å². The zero-order chi connectivity index (χ0) is 20.4. The van der Waals surface area contributed by atoms with Gasteiger partial charge in [-0.1, -0.05) is 29.8 Å². The first-order valence-electron chi connectivity index (χ1n) is 8.88. The SMILES string of the molecule is Cc1ccc(/C=C/S(=O)(=O)Nc2ccc(N3CCCC3)c(C(F)(F)F)c2)cc1. The van der Waals surface area contributed by atoms with Crippen LogP contribution in [-0.2, 0) is 16.2 Å². The second kappa shape index (κ2) is 7.87. The van der Waals surface area contributed by atoms with Gasteiger partial charge >= 0.3 is 6.18 Å². The summed E-state index contributed by atoms with van der Waals surface area (Å²) in [5.74, 6) is 0. The molecule has 3 rings (SSSR count). The van der Waals surface area contributed by atoms with Crippen molar-refractivity contribution in [2.75, 3.05) is 22.7 Å². The Balaban J connectivity index is 1.83. The maximum absolute atomic E-state index is 13.5. The summed E-state index contributed by atoms with van der Waals surface area (Å²) in [4.78, 5) is 1.68.